The van der Waals surface area contributed by atoms with E-state index in [-0.39, 0.29) is 17.0 Å². The predicted octanol–water partition coefficient (Wildman–Crippen LogP) is 3.60. The third-order valence-electron chi connectivity index (χ3n) is 8.16. The number of aromatic nitrogens is 1. The summed E-state index contributed by atoms with van der Waals surface area (Å²) >= 11 is 0. The van der Waals surface area contributed by atoms with E-state index in [1.54, 1.807) is 17.7 Å². The van der Waals surface area contributed by atoms with Gasteiger partial charge in [-0.1, -0.05) is 49.6 Å². The number of fused-ring (bicyclic) bond motifs is 2. The SMILES string of the molecule is Cc1ccc(C(=O)N2C[C@H]3CN(Cc4ccccc4)C[C@H]3C23CCCCC3)c(=O)n1C. The number of hydrogen-bond donors (Lipinski definition) is 0. The molecule has 1 aromatic carbocycles. The lowest BCUT2D eigenvalue weighted by Crippen LogP contribution is -2.54. The average molecular weight is 420 g/mol. The molecular formula is C26H33N3O2. The summed E-state index contributed by atoms with van der Waals surface area (Å²) in [7, 11) is 1.75. The van der Waals surface area contributed by atoms with Gasteiger partial charge < -0.3 is 9.47 Å². The topological polar surface area (TPSA) is 45.6 Å². The first kappa shape index (κ1) is 20.5. The second-order valence-electron chi connectivity index (χ2n) is 9.88. The van der Waals surface area contributed by atoms with Crippen molar-refractivity contribution >= 4 is 5.91 Å². The molecule has 0 N–H and O–H groups in total. The zero-order valence-electron chi connectivity index (χ0n) is 18.7. The molecule has 5 heteroatoms. The molecule has 2 aliphatic heterocycles. The van der Waals surface area contributed by atoms with E-state index in [1.807, 2.05) is 13.0 Å². The molecule has 1 aliphatic carbocycles. The number of amides is 1. The highest BCUT2D eigenvalue weighted by Crippen LogP contribution is 2.51. The molecule has 1 aromatic heterocycles. The fourth-order valence-corrected chi connectivity index (χ4v) is 6.47. The third-order valence-corrected chi connectivity index (χ3v) is 8.16. The number of pyridine rings is 1. The summed E-state index contributed by atoms with van der Waals surface area (Å²) < 4.78 is 1.60. The van der Waals surface area contributed by atoms with Crippen LogP contribution in [0.1, 0.15) is 53.7 Å². The molecule has 3 heterocycles. The summed E-state index contributed by atoms with van der Waals surface area (Å²) in [4.78, 5) is 31.3. The highest BCUT2D eigenvalue weighted by Gasteiger charge is 2.58. The molecular weight excluding hydrogens is 386 g/mol. The Balaban J connectivity index is 1.42. The number of carbonyl (C=O) groups excluding carboxylic acids is 1. The first-order valence-electron chi connectivity index (χ1n) is 11.7. The van der Waals surface area contributed by atoms with Gasteiger partial charge in [-0.15, -0.1) is 0 Å². The number of rotatable bonds is 3. The van der Waals surface area contributed by atoms with Gasteiger partial charge in [0.1, 0.15) is 5.56 Å². The molecule has 0 bridgehead atoms. The first-order chi connectivity index (χ1) is 15.0. The molecule has 5 nitrogen and oxygen atoms in total. The van der Waals surface area contributed by atoms with Crippen molar-refractivity contribution in [2.45, 2.75) is 51.1 Å². The maximum Gasteiger partial charge on any atom is 0.263 e. The lowest BCUT2D eigenvalue weighted by atomic mass is 9.71. The Morgan fingerprint density at radius 1 is 1.00 bits per heavy atom. The summed E-state index contributed by atoms with van der Waals surface area (Å²) in [5, 5.41) is 0. The summed E-state index contributed by atoms with van der Waals surface area (Å²) in [5.74, 6) is 0.960. The van der Waals surface area contributed by atoms with Gasteiger partial charge in [0.2, 0.25) is 0 Å². The van der Waals surface area contributed by atoms with Crippen LogP contribution in [0.15, 0.2) is 47.3 Å². The molecule has 2 aromatic rings. The summed E-state index contributed by atoms with van der Waals surface area (Å²) in [6, 6.07) is 14.3. The van der Waals surface area contributed by atoms with Gasteiger partial charge >= 0.3 is 0 Å². The summed E-state index contributed by atoms with van der Waals surface area (Å²) in [5.41, 5.74) is 2.32. The van der Waals surface area contributed by atoms with Crippen LogP contribution in [-0.2, 0) is 13.6 Å². The number of benzene rings is 1. The van der Waals surface area contributed by atoms with E-state index in [9.17, 15) is 9.59 Å². The van der Waals surface area contributed by atoms with E-state index in [4.69, 9.17) is 0 Å². The van der Waals surface area contributed by atoms with Crippen LogP contribution in [0.25, 0.3) is 0 Å². The van der Waals surface area contributed by atoms with Crippen molar-refractivity contribution < 1.29 is 4.79 Å². The zero-order valence-corrected chi connectivity index (χ0v) is 18.7. The number of nitrogens with zero attached hydrogens (tertiary/aromatic N) is 3. The first-order valence-corrected chi connectivity index (χ1v) is 11.7. The highest BCUT2D eigenvalue weighted by molar-refractivity contribution is 5.94. The number of carbonyl (C=O) groups is 1. The standard InChI is InChI=1S/C26H33N3O2/c1-19-11-12-22(24(30)27(19)2)25(31)29-17-21-16-28(15-20-9-5-3-6-10-20)18-23(21)26(29)13-7-4-8-14-26/h3,5-6,9-12,21,23H,4,7-8,13-18H2,1-2H3/t21-,23-/m1/s1. The molecule has 2 saturated heterocycles. The van der Waals surface area contributed by atoms with Crippen molar-refractivity contribution in [1.29, 1.82) is 0 Å². The molecule has 3 aliphatic rings. The van der Waals surface area contributed by atoms with E-state index >= 15 is 0 Å². The quantitative estimate of drug-likeness (QED) is 0.764. The predicted molar refractivity (Wildman–Crippen MR) is 122 cm³/mol. The maximum absolute atomic E-state index is 13.7. The molecule has 164 valence electrons. The van der Waals surface area contributed by atoms with Crippen LogP contribution in [-0.4, -0.2) is 45.4 Å². The minimum Gasteiger partial charge on any atom is -0.332 e. The van der Waals surface area contributed by atoms with Gasteiger partial charge in [0.25, 0.3) is 11.5 Å². The molecule has 2 atom stereocenters. The normalized spacial score (nSPS) is 25.2. The molecule has 0 unspecified atom stereocenters. The van der Waals surface area contributed by atoms with Crippen LogP contribution in [0, 0.1) is 18.8 Å². The van der Waals surface area contributed by atoms with Gasteiger partial charge in [-0.2, -0.15) is 0 Å². The van der Waals surface area contributed by atoms with Crippen molar-refractivity contribution in [1.82, 2.24) is 14.4 Å². The van der Waals surface area contributed by atoms with Gasteiger partial charge in [-0.05, 0) is 43.4 Å². The second kappa shape index (κ2) is 7.94. The molecule has 0 radical (unpaired) electrons. The van der Waals surface area contributed by atoms with Gasteiger partial charge in [0.05, 0.1) is 0 Å². The number of likely N-dealkylation sites (tertiary alicyclic amines) is 2. The fourth-order valence-electron chi connectivity index (χ4n) is 6.47. The second-order valence-corrected chi connectivity index (χ2v) is 9.88. The Bertz CT molecular complexity index is 1020. The van der Waals surface area contributed by atoms with Crippen molar-refractivity contribution in [3.8, 4) is 0 Å². The van der Waals surface area contributed by atoms with E-state index in [1.165, 1.54) is 24.8 Å². The Labute approximate surface area is 184 Å². The number of aryl methyl sites for hydroxylation is 1. The van der Waals surface area contributed by atoms with Crippen molar-refractivity contribution in [2.24, 2.45) is 18.9 Å². The van der Waals surface area contributed by atoms with E-state index in [0.29, 0.717) is 17.4 Å². The van der Waals surface area contributed by atoms with Crippen molar-refractivity contribution in [2.75, 3.05) is 19.6 Å². The van der Waals surface area contributed by atoms with Crippen LogP contribution < -0.4 is 5.56 Å². The molecule has 1 saturated carbocycles. The van der Waals surface area contributed by atoms with Gasteiger partial charge in [0.15, 0.2) is 0 Å². The van der Waals surface area contributed by atoms with Gasteiger partial charge in [-0.3, -0.25) is 14.5 Å². The zero-order chi connectivity index (χ0) is 21.6. The van der Waals surface area contributed by atoms with Gasteiger partial charge in [0, 0.05) is 50.4 Å². The van der Waals surface area contributed by atoms with Crippen molar-refractivity contribution in [3.63, 3.8) is 0 Å². The van der Waals surface area contributed by atoms with E-state index in [2.05, 4.69) is 40.1 Å². The summed E-state index contributed by atoms with van der Waals surface area (Å²) in [6.07, 6.45) is 5.76. The lowest BCUT2D eigenvalue weighted by molar-refractivity contribution is 0.0344. The fraction of sp³-hybridized carbons (Fsp3) is 0.538. The Morgan fingerprint density at radius 3 is 2.48 bits per heavy atom. The maximum atomic E-state index is 13.7. The van der Waals surface area contributed by atoms with Crippen LogP contribution in [0.4, 0.5) is 0 Å². The monoisotopic (exact) mass is 419 g/mol. The van der Waals surface area contributed by atoms with Crippen molar-refractivity contribution in [3.05, 3.63) is 69.6 Å². The molecule has 5 rings (SSSR count). The largest absolute Gasteiger partial charge is 0.332 e. The minimum atomic E-state index is -0.168. The summed E-state index contributed by atoms with van der Waals surface area (Å²) in [6.45, 7) is 5.76. The average Bonchev–Trinajstić information content (AvgIpc) is 3.30. The lowest BCUT2D eigenvalue weighted by Gasteiger charge is -2.45. The van der Waals surface area contributed by atoms with Gasteiger partial charge in [-0.25, -0.2) is 0 Å². The van der Waals surface area contributed by atoms with Crippen LogP contribution in [0.2, 0.25) is 0 Å². The van der Waals surface area contributed by atoms with Crippen LogP contribution >= 0.6 is 0 Å². The molecule has 31 heavy (non-hydrogen) atoms. The smallest absolute Gasteiger partial charge is 0.263 e. The molecule has 1 spiro atoms. The highest BCUT2D eigenvalue weighted by atomic mass is 16.2. The van der Waals surface area contributed by atoms with Crippen LogP contribution in [0.5, 0.6) is 0 Å². The number of hydrogen-bond acceptors (Lipinski definition) is 3. The Hall–Kier alpha value is -2.40. The minimum absolute atomic E-state index is 0.0495. The third kappa shape index (κ3) is 3.43. The van der Waals surface area contributed by atoms with Crippen LogP contribution in [0.3, 0.4) is 0 Å². The molecule has 1 amide bonds. The van der Waals surface area contributed by atoms with E-state index in [0.717, 1.165) is 44.7 Å². The Morgan fingerprint density at radius 2 is 1.74 bits per heavy atom. The Kier molecular flexibility index (Phi) is 5.25. The van der Waals surface area contributed by atoms with E-state index < -0.39 is 0 Å². The molecule has 3 fully saturated rings.